The lowest BCUT2D eigenvalue weighted by Crippen LogP contribution is -2.20. The maximum atomic E-state index is 5.57. The number of rotatable bonds is 3. The molecule has 1 atom stereocenters. The number of nitrogens with two attached hydrogens (primary N) is 1. The van der Waals surface area contributed by atoms with Crippen molar-refractivity contribution >= 4 is 11.9 Å². The molecule has 1 aliphatic heterocycles. The molecule has 16 heavy (non-hydrogen) atoms. The van der Waals surface area contributed by atoms with Crippen molar-refractivity contribution in [1.82, 2.24) is 15.0 Å². The van der Waals surface area contributed by atoms with E-state index >= 15 is 0 Å². The zero-order valence-corrected chi connectivity index (χ0v) is 9.38. The maximum Gasteiger partial charge on any atom is 0.323 e. The first-order valence-electron chi connectivity index (χ1n) is 5.08. The van der Waals surface area contributed by atoms with E-state index in [4.69, 9.17) is 15.2 Å². The van der Waals surface area contributed by atoms with E-state index in [1.54, 1.807) is 4.90 Å². The van der Waals surface area contributed by atoms with Crippen LogP contribution in [-0.2, 0) is 4.74 Å². The van der Waals surface area contributed by atoms with Crippen molar-refractivity contribution in [2.75, 3.05) is 37.9 Å². The van der Waals surface area contributed by atoms with Crippen molar-refractivity contribution in [3.8, 4) is 6.01 Å². The molecule has 0 radical (unpaired) electrons. The molecular formula is C9H15N5O2. The van der Waals surface area contributed by atoms with Crippen LogP contribution in [0.5, 0.6) is 6.01 Å². The van der Waals surface area contributed by atoms with E-state index in [1.807, 2.05) is 14.1 Å². The SMILES string of the molecule is CN(C)c1nc(N)nc(OC2CCOC2)n1. The molecule has 1 aromatic heterocycles. The molecule has 0 aromatic carbocycles. The number of hydrogen-bond acceptors (Lipinski definition) is 7. The third-order valence-corrected chi connectivity index (χ3v) is 2.18. The van der Waals surface area contributed by atoms with Gasteiger partial charge >= 0.3 is 6.01 Å². The normalized spacial score (nSPS) is 19.8. The van der Waals surface area contributed by atoms with Gasteiger partial charge in [-0.2, -0.15) is 15.0 Å². The summed E-state index contributed by atoms with van der Waals surface area (Å²) in [5.41, 5.74) is 5.57. The van der Waals surface area contributed by atoms with Crippen molar-refractivity contribution in [2.45, 2.75) is 12.5 Å². The highest BCUT2D eigenvalue weighted by Crippen LogP contribution is 2.15. The molecule has 1 aromatic rings. The minimum Gasteiger partial charge on any atom is -0.457 e. The fourth-order valence-corrected chi connectivity index (χ4v) is 1.37. The molecule has 1 fully saturated rings. The Hall–Kier alpha value is -1.63. The fourth-order valence-electron chi connectivity index (χ4n) is 1.37. The van der Waals surface area contributed by atoms with Gasteiger partial charge in [0, 0.05) is 20.5 Å². The van der Waals surface area contributed by atoms with Crippen molar-refractivity contribution in [1.29, 1.82) is 0 Å². The Labute approximate surface area is 93.6 Å². The summed E-state index contributed by atoms with van der Waals surface area (Å²) in [6, 6.07) is 0.256. The molecule has 0 spiro atoms. The van der Waals surface area contributed by atoms with Crippen LogP contribution in [0, 0.1) is 0 Å². The summed E-state index contributed by atoms with van der Waals surface area (Å²) < 4.78 is 10.8. The van der Waals surface area contributed by atoms with Crippen LogP contribution in [0.3, 0.4) is 0 Å². The molecule has 1 aliphatic rings. The van der Waals surface area contributed by atoms with Gasteiger partial charge in [0.15, 0.2) is 0 Å². The molecule has 2 N–H and O–H groups in total. The summed E-state index contributed by atoms with van der Waals surface area (Å²) in [6.45, 7) is 1.29. The number of aromatic nitrogens is 3. The Balaban J connectivity index is 2.13. The van der Waals surface area contributed by atoms with Gasteiger partial charge < -0.3 is 20.1 Å². The third-order valence-electron chi connectivity index (χ3n) is 2.18. The van der Waals surface area contributed by atoms with Crippen molar-refractivity contribution in [2.24, 2.45) is 0 Å². The summed E-state index contributed by atoms with van der Waals surface area (Å²) in [6.07, 6.45) is 0.861. The second kappa shape index (κ2) is 4.48. The minimum absolute atomic E-state index is 0.0109. The molecule has 2 rings (SSSR count). The first-order chi connectivity index (χ1) is 7.65. The Morgan fingerprint density at radius 2 is 2.19 bits per heavy atom. The van der Waals surface area contributed by atoms with Crippen molar-refractivity contribution in [3.63, 3.8) is 0 Å². The van der Waals surface area contributed by atoms with E-state index in [0.717, 1.165) is 6.42 Å². The quantitative estimate of drug-likeness (QED) is 0.754. The van der Waals surface area contributed by atoms with Gasteiger partial charge in [0.2, 0.25) is 11.9 Å². The monoisotopic (exact) mass is 225 g/mol. The summed E-state index contributed by atoms with van der Waals surface area (Å²) >= 11 is 0. The van der Waals surface area contributed by atoms with E-state index in [1.165, 1.54) is 0 Å². The molecule has 0 amide bonds. The van der Waals surface area contributed by atoms with Crippen LogP contribution in [0.25, 0.3) is 0 Å². The lowest BCUT2D eigenvalue weighted by Gasteiger charge is -2.13. The van der Waals surface area contributed by atoms with Crippen LogP contribution in [0.2, 0.25) is 0 Å². The minimum atomic E-state index is 0.0109. The smallest absolute Gasteiger partial charge is 0.323 e. The first-order valence-corrected chi connectivity index (χ1v) is 5.08. The summed E-state index contributed by atoms with van der Waals surface area (Å²) in [4.78, 5) is 13.8. The molecule has 0 bridgehead atoms. The van der Waals surface area contributed by atoms with E-state index in [2.05, 4.69) is 15.0 Å². The van der Waals surface area contributed by atoms with Gasteiger partial charge in [-0.05, 0) is 0 Å². The van der Waals surface area contributed by atoms with Gasteiger partial charge in [0.25, 0.3) is 0 Å². The van der Waals surface area contributed by atoms with E-state index < -0.39 is 0 Å². The largest absolute Gasteiger partial charge is 0.457 e. The molecular weight excluding hydrogens is 210 g/mol. The van der Waals surface area contributed by atoms with Gasteiger partial charge in [0.05, 0.1) is 13.2 Å². The predicted octanol–water partition coefficient (Wildman–Crippen LogP) is -0.313. The van der Waals surface area contributed by atoms with Gasteiger partial charge in [-0.1, -0.05) is 0 Å². The highest BCUT2D eigenvalue weighted by molar-refractivity contribution is 5.33. The maximum absolute atomic E-state index is 5.57. The topological polar surface area (TPSA) is 86.4 Å². The van der Waals surface area contributed by atoms with Gasteiger partial charge in [-0.3, -0.25) is 0 Å². The Kier molecular flexibility index (Phi) is 3.04. The summed E-state index contributed by atoms with van der Waals surface area (Å²) in [5, 5.41) is 0. The first kappa shape index (κ1) is 10.9. The molecule has 0 aliphatic carbocycles. The number of ether oxygens (including phenoxy) is 2. The molecule has 0 saturated carbocycles. The van der Waals surface area contributed by atoms with Crippen LogP contribution in [0.4, 0.5) is 11.9 Å². The summed E-state index contributed by atoms with van der Waals surface area (Å²) in [7, 11) is 3.66. The third kappa shape index (κ3) is 2.48. The number of nitrogens with zero attached hydrogens (tertiary/aromatic N) is 4. The molecule has 88 valence electrons. The number of anilines is 2. The van der Waals surface area contributed by atoms with E-state index in [-0.39, 0.29) is 18.1 Å². The number of hydrogen-bond donors (Lipinski definition) is 1. The molecule has 2 heterocycles. The van der Waals surface area contributed by atoms with Gasteiger partial charge in [0.1, 0.15) is 6.10 Å². The van der Waals surface area contributed by atoms with Crippen LogP contribution < -0.4 is 15.4 Å². The predicted molar refractivity (Wildman–Crippen MR) is 58.4 cm³/mol. The molecule has 1 saturated heterocycles. The van der Waals surface area contributed by atoms with Crippen LogP contribution in [-0.4, -0.2) is 48.4 Å². The van der Waals surface area contributed by atoms with Crippen LogP contribution >= 0.6 is 0 Å². The zero-order valence-electron chi connectivity index (χ0n) is 9.38. The zero-order chi connectivity index (χ0) is 11.5. The van der Waals surface area contributed by atoms with Crippen LogP contribution in [0.1, 0.15) is 6.42 Å². The Morgan fingerprint density at radius 3 is 2.81 bits per heavy atom. The molecule has 7 nitrogen and oxygen atoms in total. The van der Waals surface area contributed by atoms with E-state index in [9.17, 15) is 0 Å². The highest BCUT2D eigenvalue weighted by Gasteiger charge is 2.19. The van der Waals surface area contributed by atoms with Gasteiger partial charge in [-0.25, -0.2) is 0 Å². The molecule has 1 unspecified atom stereocenters. The lowest BCUT2D eigenvalue weighted by molar-refractivity contribution is 0.134. The Bertz CT molecular complexity index is 365. The van der Waals surface area contributed by atoms with Gasteiger partial charge in [-0.15, -0.1) is 0 Å². The van der Waals surface area contributed by atoms with E-state index in [0.29, 0.717) is 19.2 Å². The molecule has 7 heteroatoms. The number of nitrogen functional groups attached to an aromatic ring is 1. The second-order valence-electron chi connectivity index (χ2n) is 3.77. The average Bonchev–Trinajstić information content (AvgIpc) is 2.69. The fraction of sp³-hybridized carbons (Fsp3) is 0.667. The second-order valence-corrected chi connectivity index (χ2v) is 3.77. The Morgan fingerprint density at radius 1 is 1.38 bits per heavy atom. The highest BCUT2D eigenvalue weighted by atomic mass is 16.6. The van der Waals surface area contributed by atoms with Crippen molar-refractivity contribution in [3.05, 3.63) is 0 Å². The standard InChI is InChI=1S/C9H15N5O2/c1-14(2)8-11-7(10)12-9(13-8)16-6-3-4-15-5-6/h6H,3-5H2,1-2H3,(H2,10,11,12,13). The van der Waals surface area contributed by atoms with Crippen LogP contribution in [0.15, 0.2) is 0 Å². The average molecular weight is 225 g/mol. The summed E-state index contributed by atoms with van der Waals surface area (Å²) in [5.74, 6) is 0.647. The lowest BCUT2D eigenvalue weighted by atomic mass is 10.3. The van der Waals surface area contributed by atoms with Crippen molar-refractivity contribution < 1.29 is 9.47 Å².